The normalized spacial score (nSPS) is 11.5. The third-order valence-corrected chi connectivity index (χ3v) is 7.48. The van der Waals surface area contributed by atoms with Crippen molar-refractivity contribution in [3.63, 3.8) is 0 Å². The first-order valence-electron chi connectivity index (χ1n) is 9.55. The highest BCUT2D eigenvalue weighted by atomic mass is 32.2. The molecule has 0 atom stereocenters. The van der Waals surface area contributed by atoms with Crippen molar-refractivity contribution in [2.24, 2.45) is 0 Å². The number of ether oxygens (including phenoxy) is 1. The molecule has 0 aliphatic rings. The van der Waals surface area contributed by atoms with Crippen molar-refractivity contribution in [2.75, 3.05) is 18.1 Å². The van der Waals surface area contributed by atoms with Crippen LogP contribution >= 0.6 is 34.9 Å². The zero-order chi connectivity index (χ0) is 19.2. The SMILES string of the molecule is CCOc1ccc2nc(SCCCCCSc3nc4ccccc4[nH]3)sc2c1. The van der Waals surface area contributed by atoms with E-state index in [9.17, 15) is 0 Å². The molecule has 4 rings (SSSR count). The highest BCUT2D eigenvalue weighted by Crippen LogP contribution is 2.32. The largest absolute Gasteiger partial charge is 0.494 e. The van der Waals surface area contributed by atoms with Gasteiger partial charge < -0.3 is 9.72 Å². The summed E-state index contributed by atoms with van der Waals surface area (Å²) in [6, 6.07) is 14.3. The molecule has 28 heavy (non-hydrogen) atoms. The first-order chi connectivity index (χ1) is 13.8. The Morgan fingerprint density at radius 2 is 1.82 bits per heavy atom. The number of hydrogen-bond donors (Lipinski definition) is 1. The monoisotopic (exact) mass is 429 g/mol. The van der Waals surface area contributed by atoms with Crippen LogP contribution in [0, 0.1) is 0 Å². The molecular formula is C21H23N3OS3. The number of fused-ring (bicyclic) bond motifs is 2. The van der Waals surface area contributed by atoms with E-state index in [-0.39, 0.29) is 0 Å². The molecule has 4 aromatic rings. The number of hydrogen-bond acceptors (Lipinski definition) is 6. The van der Waals surface area contributed by atoms with E-state index in [4.69, 9.17) is 9.72 Å². The average Bonchev–Trinajstić information content (AvgIpc) is 3.30. The van der Waals surface area contributed by atoms with Crippen LogP contribution in [-0.2, 0) is 0 Å². The second kappa shape index (κ2) is 9.67. The standard InChI is InChI=1S/C21H23N3OS3/c1-2-25-15-10-11-18-19(14-15)28-21(24-18)27-13-7-3-6-12-26-20-22-16-8-4-5-9-17(16)23-20/h4-5,8-11,14H,2-3,6-7,12-13H2,1H3,(H,22,23). The van der Waals surface area contributed by atoms with E-state index in [2.05, 4.69) is 28.2 Å². The summed E-state index contributed by atoms with van der Waals surface area (Å²) in [5.74, 6) is 3.15. The van der Waals surface area contributed by atoms with E-state index in [0.29, 0.717) is 6.61 Å². The first kappa shape index (κ1) is 19.6. The van der Waals surface area contributed by atoms with Crippen molar-refractivity contribution in [2.45, 2.75) is 35.7 Å². The molecule has 2 heterocycles. The molecule has 0 amide bonds. The molecule has 0 radical (unpaired) electrons. The number of thioether (sulfide) groups is 2. The van der Waals surface area contributed by atoms with Crippen LogP contribution in [0.5, 0.6) is 5.75 Å². The molecular weight excluding hydrogens is 406 g/mol. The molecule has 0 aliphatic carbocycles. The van der Waals surface area contributed by atoms with Gasteiger partial charge in [-0.1, -0.05) is 42.1 Å². The third-order valence-electron chi connectivity index (χ3n) is 4.27. The van der Waals surface area contributed by atoms with Crippen LogP contribution in [-0.4, -0.2) is 33.1 Å². The van der Waals surface area contributed by atoms with Crippen LogP contribution in [0.3, 0.4) is 0 Å². The number of nitrogens with one attached hydrogen (secondary N) is 1. The Morgan fingerprint density at radius 1 is 0.964 bits per heavy atom. The molecule has 0 saturated carbocycles. The van der Waals surface area contributed by atoms with Crippen LogP contribution in [0.2, 0.25) is 0 Å². The van der Waals surface area contributed by atoms with Crippen LogP contribution in [0.1, 0.15) is 26.2 Å². The predicted molar refractivity (Wildman–Crippen MR) is 122 cm³/mol. The first-order valence-corrected chi connectivity index (χ1v) is 12.3. The van der Waals surface area contributed by atoms with Crippen molar-refractivity contribution in [3.05, 3.63) is 42.5 Å². The van der Waals surface area contributed by atoms with Gasteiger partial charge in [-0.05, 0) is 50.1 Å². The molecule has 4 nitrogen and oxygen atoms in total. The molecule has 0 spiro atoms. The fourth-order valence-corrected chi connectivity index (χ4v) is 5.96. The topological polar surface area (TPSA) is 50.8 Å². The summed E-state index contributed by atoms with van der Waals surface area (Å²) in [5, 5.41) is 1.02. The minimum absolute atomic E-state index is 0.695. The van der Waals surface area contributed by atoms with Crippen LogP contribution in [0.4, 0.5) is 0 Å². The van der Waals surface area contributed by atoms with Gasteiger partial charge in [-0.2, -0.15) is 0 Å². The van der Waals surface area contributed by atoms with Gasteiger partial charge in [-0.3, -0.25) is 0 Å². The maximum atomic E-state index is 5.57. The molecule has 1 N–H and O–H groups in total. The number of aromatic amines is 1. The van der Waals surface area contributed by atoms with E-state index < -0.39 is 0 Å². The maximum absolute atomic E-state index is 5.57. The minimum atomic E-state index is 0.695. The van der Waals surface area contributed by atoms with Crippen molar-refractivity contribution >= 4 is 56.1 Å². The number of nitrogens with zero attached hydrogens (tertiary/aromatic N) is 2. The second-order valence-electron chi connectivity index (χ2n) is 6.36. The molecule has 0 saturated heterocycles. The number of para-hydroxylation sites is 2. The Balaban J connectivity index is 1.16. The molecule has 0 bridgehead atoms. The molecule has 146 valence electrons. The summed E-state index contributed by atoms with van der Waals surface area (Å²) >= 11 is 5.44. The maximum Gasteiger partial charge on any atom is 0.166 e. The molecule has 2 aromatic heterocycles. The summed E-state index contributed by atoms with van der Waals surface area (Å²) in [4.78, 5) is 12.7. The quantitative estimate of drug-likeness (QED) is 0.227. The van der Waals surface area contributed by atoms with Crippen LogP contribution in [0.25, 0.3) is 21.3 Å². The van der Waals surface area contributed by atoms with Crippen molar-refractivity contribution < 1.29 is 4.74 Å². The highest BCUT2D eigenvalue weighted by Gasteiger charge is 2.06. The predicted octanol–water partition coefficient (Wildman–Crippen LogP) is 6.63. The van der Waals surface area contributed by atoms with Gasteiger partial charge >= 0.3 is 0 Å². The molecule has 0 aliphatic heterocycles. The number of imidazole rings is 1. The van der Waals surface area contributed by atoms with E-state index in [1.165, 1.54) is 24.0 Å². The summed E-state index contributed by atoms with van der Waals surface area (Å²) in [6.45, 7) is 2.70. The lowest BCUT2D eigenvalue weighted by Gasteiger charge is -2.00. The number of unbranched alkanes of at least 4 members (excludes halogenated alkanes) is 2. The number of H-pyrrole nitrogens is 1. The second-order valence-corrected chi connectivity index (χ2v) is 9.82. The van der Waals surface area contributed by atoms with Crippen LogP contribution < -0.4 is 4.74 Å². The molecule has 7 heteroatoms. The van der Waals surface area contributed by atoms with Crippen molar-refractivity contribution in [1.29, 1.82) is 0 Å². The smallest absolute Gasteiger partial charge is 0.166 e. The third kappa shape index (κ3) is 5.01. The van der Waals surface area contributed by atoms with Crippen molar-refractivity contribution in [1.82, 2.24) is 15.0 Å². The zero-order valence-electron chi connectivity index (χ0n) is 15.8. The summed E-state index contributed by atoms with van der Waals surface area (Å²) in [6.07, 6.45) is 3.66. The Bertz CT molecular complexity index is 1010. The van der Waals surface area contributed by atoms with Gasteiger partial charge in [0.1, 0.15) is 5.75 Å². The Kier molecular flexibility index (Phi) is 6.77. The van der Waals surface area contributed by atoms with Gasteiger partial charge in [0, 0.05) is 11.5 Å². The molecule has 0 fully saturated rings. The van der Waals surface area contributed by atoms with Gasteiger partial charge in [0.2, 0.25) is 0 Å². The van der Waals surface area contributed by atoms with Gasteiger partial charge in [0.25, 0.3) is 0 Å². The summed E-state index contributed by atoms with van der Waals surface area (Å²) in [5.41, 5.74) is 3.23. The van der Waals surface area contributed by atoms with E-state index in [1.807, 2.05) is 54.7 Å². The number of aromatic nitrogens is 3. The van der Waals surface area contributed by atoms with Gasteiger partial charge in [0.15, 0.2) is 9.50 Å². The lowest BCUT2D eigenvalue weighted by Crippen LogP contribution is -1.89. The fourth-order valence-electron chi connectivity index (χ4n) is 2.91. The van der Waals surface area contributed by atoms with Crippen LogP contribution in [0.15, 0.2) is 52.0 Å². The Hall–Kier alpha value is -1.70. The van der Waals surface area contributed by atoms with E-state index >= 15 is 0 Å². The lowest BCUT2D eigenvalue weighted by molar-refractivity contribution is 0.341. The zero-order valence-corrected chi connectivity index (χ0v) is 18.3. The summed E-state index contributed by atoms with van der Waals surface area (Å²) in [7, 11) is 0. The minimum Gasteiger partial charge on any atom is -0.494 e. The lowest BCUT2D eigenvalue weighted by atomic mass is 10.3. The number of thiazole rings is 1. The average molecular weight is 430 g/mol. The Labute approximate surface area is 177 Å². The van der Waals surface area contributed by atoms with E-state index in [1.54, 1.807) is 11.3 Å². The van der Waals surface area contributed by atoms with Gasteiger partial charge in [-0.25, -0.2) is 9.97 Å². The van der Waals surface area contributed by atoms with Crippen molar-refractivity contribution in [3.8, 4) is 5.75 Å². The Morgan fingerprint density at radius 3 is 2.68 bits per heavy atom. The van der Waals surface area contributed by atoms with Gasteiger partial charge in [0.05, 0.1) is 27.9 Å². The molecule has 0 unspecified atom stereocenters. The number of rotatable bonds is 10. The van der Waals surface area contributed by atoms with Gasteiger partial charge in [-0.15, -0.1) is 11.3 Å². The highest BCUT2D eigenvalue weighted by molar-refractivity contribution is 8.01. The van der Waals surface area contributed by atoms with E-state index in [0.717, 1.165) is 43.3 Å². The molecule has 2 aromatic carbocycles. The fraction of sp³-hybridized carbons (Fsp3) is 0.333. The number of benzene rings is 2. The summed E-state index contributed by atoms with van der Waals surface area (Å²) < 4.78 is 7.93.